The number of rotatable bonds is 2. The number of aryl methyl sites for hydroxylation is 1. The van der Waals surface area contributed by atoms with E-state index in [1.54, 1.807) is 0 Å². The van der Waals surface area contributed by atoms with Gasteiger partial charge in [-0.15, -0.1) is 0 Å². The first-order chi connectivity index (χ1) is 11.8. The molecule has 2 heterocycles. The number of hydrogen-bond donors (Lipinski definition) is 0. The average molecular weight is 348 g/mol. The van der Waals surface area contributed by atoms with Crippen molar-refractivity contribution in [2.24, 2.45) is 7.05 Å². The lowest BCUT2D eigenvalue weighted by Crippen LogP contribution is -2.63. The van der Waals surface area contributed by atoms with Crippen LogP contribution < -0.4 is 0 Å². The van der Waals surface area contributed by atoms with E-state index in [2.05, 4.69) is 16.2 Å². The zero-order chi connectivity index (χ0) is 18.1. The minimum atomic E-state index is -0.441. The van der Waals surface area contributed by atoms with Gasteiger partial charge in [-0.25, -0.2) is 4.79 Å². The highest BCUT2D eigenvalue weighted by Crippen LogP contribution is 2.37. The lowest BCUT2D eigenvalue weighted by Gasteiger charge is -2.52. The Morgan fingerprint density at radius 1 is 1.24 bits per heavy atom. The first-order valence-electron chi connectivity index (χ1n) is 9.48. The molecule has 1 aromatic rings. The van der Waals surface area contributed by atoms with E-state index in [-0.39, 0.29) is 11.6 Å². The van der Waals surface area contributed by atoms with Crippen molar-refractivity contribution in [3.63, 3.8) is 0 Å². The predicted molar refractivity (Wildman–Crippen MR) is 97.2 cm³/mol. The van der Waals surface area contributed by atoms with Gasteiger partial charge in [0.25, 0.3) is 0 Å². The molecule has 0 aromatic carbocycles. The fourth-order valence-corrected chi connectivity index (χ4v) is 4.20. The molecule has 0 N–H and O–H groups in total. The largest absolute Gasteiger partial charge is 0.444 e. The third kappa shape index (κ3) is 4.35. The van der Waals surface area contributed by atoms with E-state index in [9.17, 15) is 4.79 Å². The van der Waals surface area contributed by atoms with Crippen molar-refractivity contribution < 1.29 is 9.53 Å². The van der Waals surface area contributed by atoms with Crippen LogP contribution in [0, 0.1) is 0 Å². The molecule has 0 unspecified atom stereocenters. The number of nitrogens with zero attached hydrogens (tertiary/aromatic N) is 4. The van der Waals surface area contributed by atoms with Gasteiger partial charge >= 0.3 is 6.09 Å². The average Bonchev–Trinajstić information content (AvgIpc) is 2.94. The van der Waals surface area contributed by atoms with Gasteiger partial charge in [-0.3, -0.25) is 9.58 Å². The number of amides is 1. The third-order valence-corrected chi connectivity index (χ3v) is 5.36. The molecule has 0 atom stereocenters. The molecular formula is C19H32N4O2. The van der Waals surface area contributed by atoms with Gasteiger partial charge in [0.2, 0.25) is 0 Å². The van der Waals surface area contributed by atoms with Crippen molar-refractivity contribution in [1.29, 1.82) is 0 Å². The van der Waals surface area contributed by atoms with E-state index in [1.165, 1.54) is 24.8 Å². The smallest absolute Gasteiger partial charge is 0.410 e. The first-order valence-corrected chi connectivity index (χ1v) is 9.48. The Morgan fingerprint density at radius 3 is 2.56 bits per heavy atom. The molecule has 1 aromatic heterocycles. The van der Waals surface area contributed by atoms with Gasteiger partial charge < -0.3 is 9.64 Å². The number of aromatic nitrogens is 2. The lowest BCUT2D eigenvalue weighted by molar-refractivity contribution is -0.0443. The van der Waals surface area contributed by atoms with Gasteiger partial charge in [-0.05, 0) is 33.6 Å². The molecule has 2 aliphatic rings. The first kappa shape index (κ1) is 18.2. The van der Waals surface area contributed by atoms with Crippen LogP contribution in [0.4, 0.5) is 4.79 Å². The minimum absolute atomic E-state index is 0.0866. The maximum Gasteiger partial charge on any atom is 0.410 e. The molecule has 1 aliphatic heterocycles. The molecule has 1 aliphatic carbocycles. The van der Waals surface area contributed by atoms with Crippen LogP contribution in [-0.4, -0.2) is 56.4 Å². The monoisotopic (exact) mass is 348 g/mol. The summed E-state index contributed by atoms with van der Waals surface area (Å²) >= 11 is 0. The van der Waals surface area contributed by atoms with E-state index in [0.717, 1.165) is 39.0 Å². The maximum atomic E-state index is 12.6. The van der Waals surface area contributed by atoms with Gasteiger partial charge in [-0.2, -0.15) is 5.10 Å². The van der Waals surface area contributed by atoms with Crippen molar-refractivity contribution in [1.82, 2.24) is 19.6 Å². The van der Waals surface area contributed by atoms with E-state index >= 15 is 0 Å². The summed E-state index contributed by atoms with van der Waals surface area (Å²) in [7, 11) is 1.96. The van der Waals surface area contributed by atoms with Crippen molar-refractivity contribution in [3.8, 4) is 0 Å². The summed E-state index contributed by atoms with van der Waals surface area (Å²) < 4.78 is 7.48. The van der Waals surface area contributed by atoms with Crippen LogP contribution in [0.3, 0.4) is 0 Å². The van der Waals surface area contributed by atoms with Crippen LogP contribution in [0.25, 0.3) is 0 Å². The van der Waals surface area contributed by atoms with E-state index < -0.39 is 5.60 Å². The predicted octanol–water partition coefficient (Wildman–Crippen LogP) is 3.18. The van der Waals surface area contributed by atoms with E-state index in [1.807, 2.05) is 43.6 Å². The maximum absolute atomic E-state index is 12.6. The number of piperazine rings is 1. The highest BCUT2D eigenvalue weighted by Gasteiger charge is 2.44. The fourth-order valence-electron chi connectivity index (χ4n) is 4.20. The second kappa shape index (κ2) is 6.98. The standard InChI is InChI=1S/C19H32N4O2/c1-18(2,3)25-17(24)22-10-11-23(14-16-12-20-21(4)13-16)19(15-22)8-6-5-7-9-19/h12-13H,5-11,14-15H2,1-4H3. The Balaban J connectivity index is 1.74. The quantitative estimate of drug-likeness (QED) is 0.824. The molecule has 1 spiro atoms. The van der Waals surface area contributed by atoms with E-state index in [4.69, 9.17) is 4.74 Å². The van der Waals surface area contributed by atoms with Crippen LogP contribution in [0.2, 0.25) is 0 Å². The van der Waals surface area contributed by atoms with Gasteiger partial charge in [0.1, 0.15) is 5.60 Å². The summed E-state index contributed by atoms with van der Waals surface area (Å²) in [5.74, 6) is 0. The molecule has 1 amide bonds. The van der Waals surface area contributed by atoms with Crippen LogP contribution >= 0.6 is 0 Å². The molecule has 2 fully saturated rings. The fraction of sp³-hybridized carbons (Fsp3) is 0.789. The van der Waals surface area contributed by atoms with E-state index in [0.29, 0.717) is 0 Å². The molecular weight excluding hydrogens is 316 g/mol. The van der Waals surface area contributed by atoms with Gasteiger partial charge in [0.05, 0.1) is 6.20 Å². The summed E-state index contributed by atoms with van der Waals surface area (Å²) in [4.78, 5) is 17.1. The topological polar surface area (TPSA) is 50.6 Å². The summed E-state index contributed by atoms with van der Waals surface area (Å²) in [5, 5.41) is 4.30. The number of carbonyl (C=O) groups is 1. The summed E-state index contributed by atoms with van der Waals surface area (Å²) in [6.45, 7) is 9.11. The van der Waals surface area contributed by atoms with Crippen LogP contribution in [0.5, 0.6) is 0 Å². The Labute approximate surface area is 151 Å². The van der Waals surface area contributed by atoms with Crippen molar-refractivity contribution in [3.05, 3.63) is 18.0 Å². The second-order valence-corrected chi connectivity index (χ2v) is 8.63. The Hall–Kier alpha value is -1.56. The lowest BCUT2D eigenvalue weighted by atomic mass is 9.78. The summed E-state index contributed by atoms with van der Waals surface area (Å²) in [5.41, 5.74) is 0.894. The van der Waals surface area contributed by atoms with Gasteiger partial charge in [0, 0.05) is 50.5 Å². The van der Waals surface area contributed by atoms with Crippen LogP contribution in [-0.2, 0) is 18.3 Å². The van der Waals surface area contributed by atoms with Crippen molar-refractivity contribution in [2.45, 2.75) is 70.6 Å². The summed E-state index contributed by atoms with van der Waals surface area (Å²) in [6, 6.07) is 0. The molecule has 25 heavy (non-hydrogen) atoms. The number of hydrogen-bond acceptors (Lipinski definition) is 4. The van der Waals surface area contributed by atoms with Gasteiger partial charge in [0.15, 0.2) is 0 Å². The van der Waals surface area contributed by atoms with Gasteiger partial charge in [-0.1, -0.05) is 19.3 Å². The van der Waals surface area contributed by atoms with Crippen molar-refractivity contribution in [2.75, 3.05) is 19.6 Å². The number of ether oxygens (including phenoxy) is 1. The molecule has 0 radical (unpaired) electrons. The number of carbonyl (C=O) groups excluding carboxylic acids is 1. The molecule has 0 bridgehead atoms. The Kier molecular flexibility index (Phi) is 5.09. The zero-order valence-electron chi connectivity index (χ0n) is 16.1. The molecule has 3 rings (SSSR count). The Morgan fingerprint density at radius 2 is 1.96 bits per heavy atom. The third-order valence-electron chi connectivity index (χ3n) is 5.36. The molecule has 6 heteroatoms. The molecule has 140 valence electrons. The molecule has 1 saturated carbocycles. The zero-order valence-corrected chi connectivity index (χ0v) is 16.1. The highest BCUT2D eigenvalue weighted by molar-refractivity contribution is 5.68. The van der Waals surface area contributed by atoms with Crippen molar-refractivity contribution >= 4 is 6.09 Å². The minimum Gasteiger partial charge on any atom is -0.444 e. The highest BCUT2D eigenvalue weighted by atomic mass is 16.6. The van der Waals surface area contributed by atoms with Crippen LogP contribution in [0.1, 0.15) is 58.4 Å². The molecule has 6 nitrogen and oxygen atoms in total. The molecule has 1 saturated heterocycles. The normalized spacial score (nSPS) is 21.5. The second-order valence-electron chi connectivity index (χ2n) is 8.63. The summed E-state index contributed by atoms with van der Waals surface area (Å²) in [6.07, 6.45) is 9.98. The SMILES string of the molecule is Cn1cc(CN2CCN(C(=O)OC(C)(C)C)CC23CCCCC3)cn1. The Bertz CT molecular complexity index is 599. The van der Waals surface area contributed by atoms with Crippen LogP contribution in [0.15, 0.2) is 12.4 Å².